The maximum atomic E-state index is 11.9. The van der Waals surface area contributed by atoms with E-state index in [4.69, 9.17) is 4.74 Å². The summed E-state index contributed by atoms with van der Waals surface area (Å²) in [6.07, 6.45) is 3.84. The number of benzene rings is 1. The van der Waals surface area contributed by atoms with E-state index in [0.717, 1.165) is 37.8 Å². The predicted octanol–water partition coefficient (Wildman–Crippen LogP) is 3.81. The first-order valence-electron chi connectivity index (χ1n) is 8.33. The van der Waals surface area contributed by atoms with Gasteiger partial charge in [-0.2, -0.15) is 0 Å². The minimum Gasteiger partial charge on any atom is -0.453 e. The normalized spacial score (nSPS) is 29.4. The highest BCUT2D eigenvalue weighted by atomic mass is 16.5. The molecule has 3 atom stereocenters. The van der Waals surface area contributed by atoms with Crippen molar-refractivity contribution in [3.8, 4) is 11.8 Å². The molecule has 2 aliphatic rings. The van der Waals surface area contributed by atoms with E-state index in [2.05, 4.69) is 37.8 Å². The second-order valence-corrected chi connectivity index (χ2v) is 6.79. The minimum absolute atomic E-state index is 0.214. The van der Waals surface area contributed by atoms with Crippen LogP contribution in [-0.4, -0.2) is 30.7 Å². The number of aryl methyl sites for hydroxylation is 1. The molecule has 1 heterocycles. The molecule has 1 aliphatic carbocycles. The van der Waals surface area contributed by atoms with Gasteiger partial charge in [-0.15, -0.1) is 0 Å². The van der Waals surface area contributed by atoms with Gasteiger partial charge in [-0.25, -0.2) is 4.79 Å². The number of hydrogen-bond donors (Lipinski definition) is 0. The van der Waals surface area contributed by atoms with Crippen LogP contribution in [0.2, 0.25) is 0 Å². The summed E-state index contributed by atoms with van der Waals surface area (Å²) in [7, 11) is 1.45. The Morgan fingerprint density at radius 2 is 2.26 bits per heavy atom. The van der Waals surface area contributed by atoms with Crippen LogP contribution in [0, 0.1) is 37.0 Å². The van der Waals surface area contributed by atoms with Gasteiger partial charge in [-0.3, -0.25) is 0 Å². The second kappa shape index (κ2) is 6.28. The molecule has 1 aliphatic heterocycles. The summed E-state index contributed by atoms with van der Waals surface area (Å²) < 4.78 is 4.92. The number of likely N-dealkylation sites (tertiary alicyclic amines) is 1. The van der Waals surface area contributed by atoms with E-state index in [1.54, 1.807) is 0 Å². The van der Waals surface area contributed by atoms with Crippen LogP contribution in [0.25, 0.3) is 0 Å². The van der Waals surface area contributed by atoms with Crippen LogP contribution in [0.1, 0.15) is 36.8 Å². The molecule has 1 aromatic carbocycles. The number of amides is 1. The highest BCUT2D eigenvalue weighted by Crippen LogP contribution is 2.47. The second-order valence-electron chi connectivity index (χ2n) is 6.79. The molecule has 1 saturated heterocycles. The molecule has 2 fully saturated rings. The molecule has 0 bridgehead atoms. The average Bonchev–Trinajstić information content (AvgIpc) is 2.98. The van der Waals surface area contributed by atoms with Crippen molar-refractivity contribution in [1.82, 2.24) is 4.90 Å². The Morgan fingerprint density at radius 3 is 3.00 bits per heavy atom. The standard InChI is InChI=1S/C20H24NO2/c1-15-6-4-7-16(14-15)9-12-20(2)11-5-8-18-17(20)10-13-21(18)19(22)23-3/h4,6-7,14,17-18H,2,5,8,10-11,13H2,1,3H3/t17-,18+,20+/m0/s1. The van der Waals surface area contributed by atoms with Crippen molar-refractivity contribution in [2.45, 2.75) is 38.6 Å². The van der Waals surface area contributed by atoms with Gasteiger partial charge in [0.05, 0.1) is 7.11 Å². The third kappa shape index (κ3) is 3.08. The lowest BCUT2D eigenvalue weighted by Crippen LogP contribution is -2.45. The number of fused-ring (bicyclic) bond motifs is 1. The van der Waals surface area contributed by atoms with E-state index in [-0.39, 0.29) is 17.6 Å². The fourth-order valence-corrected chi connectivity index (χ4v) is 4.09. The molecule has 1 saturated carbocycles. The van der Waals surface area contributed by atoms with Crippen molar-refractivity contribution >= 4 is 6.09 Å². The lowest BCUT2D eigenvalue weighted by atomic mass is 9.65. The van der Waals surface area contributed by atoms with E-state index in [1.807, 2.05) is 17.0 Å². The van der Waals surface area contributed by atoms with Gasteiger partial charge in [-0.05, 0) is 63.1 Å². The molecule has 121 valence electrons. The molecule has 3 rings (SSSR count). The Morgan fingerprint density at radius 1 is 1.43 bits per heavy atom. The number of hydrogen-bond acceptors (Lipinski definition) is 2. The topological polar surface area (TPSA) is 29.5 Å². The van der Waals surface area contributed by atoms with Crippen LogP contribution in [0.3, 0.4) is 0 Å². The Hall–Kier alpha value is -1.95. The van der Waals surface area contributed by atoms with Gasteiger partial charge in [0.25, 0.3) is 0 Å². The maximum absolute atomic E-state index is 11.9. The zero-order valence-corrected chi connectivity index (χ0v) is 14.0. The highest BCUT2D eigenvalue weighted by Gasteiger charge is 2.48. The van der Waals surface area contributed by atoms with Gasteiger partial charge in [0, 0.05) is 23.6 Å². The van der Waals surface area contributed by atoms with Crippen molar-refractivity contribution in [3.63, 3.8) is 0 Å². The van der Waals surface area contributed by atoms with Gasteiger partial charge in [0.1, 0.15) is 0 Å². The van der Waals surface area contributed by atoms with Crippen molar-refractivity contribution in [1.29, 1.82) is 0 Å². The molecule has 1 aromatic rings. The molecule has 1 amide bonds. The van der Waals surface area contributed by atoms with Crippen LogP contribution in [0.4, 0.5) is 4.79 Å². The summed E-state index contributed by atoms with van der Waals surface area (Å²) in [4.78, 5) is 13.8. The van der Waals surface area contributed by atoms with Gasteiger partial charge in [0.15, 0.2) is 0 Å². The molecule has 0 N–H and O–H groups in total. The molecular formula is C20H24NO2. The van der Waals surface area contributed by atoms with Gasteiger partial charge in [-0.1, -0.05) is 24.0 Å². The van der Waals surface area contributed by atoms with E-state index < -0.39 is 0 Å². The first kappa shape index (κ1) is 15.9. The summed E-state index contributed by atoms with van der Waals surface area (Å²) in [6.45, 7) is 7.31. The van der Waals surface area contributed by atoms with E-state index in [9.17, 15) is 4.79 Å². The molecule has 1 radical (unpaired) electrons. The Balaban J connectivity index is 1.83. The first-order chi connectivity index (χ1) is 11.0. The molecule has 0 spiro atoms. The zero-order chi connectivity index (χ0) is 16.4. The van der Waals surface area contributed by atoms with Crippen LogP contribution in [-0.2, 0) is 4.74 Å². The lowest BCUT2D eigenvalue weighted by molar-refractivity contribution is 0.0895. The third-order valence-electron chi connectivity index (χ3n) is 5.26. The van der Waals surface area contributed by atoms with Crippen molar-refractivity contribution in [2.24, 2.45) is 11.3 Å². The summed E-state index contributed by atoms with van der Waals surface area (Å²) in [5.74, 6) is 7.11. The van der Waals surface area contributed by atoms with E-state index >= 15 is 0 Å². The lowest BCUT2D eigenvalue weighted by Gasteiger charge is -2.41. The van der Waals surface area contributed by atoms with Gasteiger partial charge >= 0.3 is 6.09 Å². The van der Waals surface area contributed by atoms with Crippen LogP contribution in [0.5, 0.6) is 0 Å². The predicted molar refractivity (Wildman–Crippen MR) is 90.7 cm³/mol. The molecule has 3 heteroatoms. The van der Waals surface area contributed by atoms with Gasteiger partial charge < -0.3 is 9.64 Å². The smallest absolute Gasteiger partial charge is 0.409 e. The maximum Gasteiger partial charge on any atom is 0.409 e. The van der Waals surface area contributed by atoms with E-state index in [0.29, 0.717) is 5.92 Å². The Labute approximate surface area is 139 Å². The van der Waals surface area contributed by atoms with Crippen molar-refractivity contribution in [3.05, 3.63) is 42.3 Å². The third-order valence-corrected chi connectivity index (χ3v) is 5.26. The van der Waals surface area contributed by atoms with Gasteiger partial charge in [0.2, 0.25) is 0 Å². The number of carbonyl (C=O) groups is 1. The number of rotatable bonds is 0. The summed E-state index contributed by atoms with van der Waals surface area (Å²) in [5, 5.41) is 0. The van der Waals surface area contributed by atoms with E-state index in [1.165, 1.54) is 12.7 Å². The number of carbonyl (C=O) groups excluding carboxylic acids is 1. The van der Waals surface area contributed by atoms with Crippen molar-refractivity contribution < 1.29 is 9.53 Å². The summed E-state index contributed by atoms with van der Waals surface area (Å²) >= 11 is 0. The van der Waals surface area contributed by atoms with Crippen LogP contribution in [0.15, 0.2) is 24.3 Å². The molecular weight excluding hydrogens is 286 g/mol. The molecule has 3 nitrogen and oxygen atoms in total. The quantitative estimate of drug-likeness (QED) is 0.682. The fraction of sp³-hybridized carbons (Fsp3) is 0.500. The fourth-order valence-electron chi connectivity index (χ4n) is 4.09. The minimum atomic E-state index is -0.268. The monoisotopic (exact) mass is 310 g/mol. The molecule has 23 heavy (non-hydrogen) atoms. The van der Waals surface area contributed by atoms with Crippen LogP contribution >= 0.6 is 0 Å². The Bertz CT molecular complexity index is 657. The van der Waals surface area contributed by atoms with Crippen molar-refractivity contribution in [2.75, 3.05) is 13.7 Å². The first-order valence-corrected chi connectivity index (χ1v) is 8.33. The molecule has 0 aromatic heterocycles. The number of methoxy groups -OCH3 is 1. The Kier molecular flexibility index (Phi) is 4.35. The summed E-state index contributed by atoms with van der Waals surface area (Å²) in [6, 6.07) is 8.48. The average molecular weight is 310 g/mol. The largest absolute Gasteiger partial charge is 0.453 e. The SMILES string of the molecule is [CH2][C@]1(C#Cc2cccc(C)c2)CCC[C@@H]2[C@@H]1CCN2C(=O)OC. The number of ether oxygens (including phenoxy) is 1. The number of nitrogens with zero attached hydrogens (tertiary/aromatic N) is 1. The summed E-state index contributed by atoms with van der Waals surface area (Å²) in [5.41, 5.74) is 1.99. The zero-order valence-electron chi connectivity index (χ0n) is 14.0. The molecule has 0 unspecified atom stereocenters. The van der Waals surface area contributed by atoms with Crippen LogP contribution < -0.4 is 0 Å². The highest BCUT2D eigenvalue weighted by molar-refractivity contribution is 5.68.